The van der Waals surface area contributed by atoms with E-state index in [0.717, 1.165) is 25.4 Å². The molecule has 2 fully saturated rings. The van der Waals surface area contributed by atoms with Crippen molar-refractivity contribution in [3.05, 3.63) is 0 Å². The SMILES string of the molecule is CC(CC1CCC1)NC1CCN(C(=O)OC(C)(C)C)C1. The number of likely N-dealkylation sites (tertiary alicyclic amines) is 1. The van der Waals surface area contributed by atoms with Gasteiger partial charge in [0, 0.05) is 25.2 Å². The Morgan fingerprint density at radius 2 is 2.05 bits per heavy atom. The second-order valence-corrected chi connectivity index (χ2v) is 7.51. The second-order valence-electron chi connectivity index (χ2n) is 7.51. The summed E-state index contributed by atoms with van der Waals surface area (Å²) in [6.45, 7) is 9.60. The summed E-state index contributed by atoms with van der Waals surface area (Å²) in [4.78, 5) is 13.8. The van der Waals surface area contributed by atoms with Gasteiger partial charge in [-0.2, -0.15) is 0 Å². The normalized spacial score (nSPS) is 25.4. The van der Waals surface area contributed by atoms with E-state index in [9.17, 15) is 4.79 Å². The average Bonchev–Trinajstić information content (AvgIpc) is 2.70. The van der Waals surface area contributed by atoms with Crippen LogP contribution in [0.25, 0.3) is 0 Å². The maximum absolute atomic E-state index is 12.0. The van der Waals surface area contributed by atoms with E-state index in [4.69, 9.17) is 4.74 Å². The zero-order chi connectivity index (χ0) is 14.8. The van der Waals surface area contributed by atoms with E-state index < -0.39 is 5.60 Å². The Kier molecular flexibility index (Phi) is 4.95. The molecule has 20 heavy (non-hydrogen) atoms. The summed E-state index contributed by atoms with van der Waals surface area (Å²) in [6.07, 6.45) is 6.36. The van der Waals surface area contributed by atoms with Crippen molar-refractivity contribution in [3.63, 3.8) is 0 Å². The molecule has 2 unspecified atom stereocenters. The van der Waals surface area contributed by atoms with E-state index in [0.29, 0.717) is 12.1 Å². The highest BCUT2D eigenvalue weighted by atomic mass is 16.6. The van der Waals surface area contributed by atoms with E-state index in [1.807, 2.05) is 25.7 Å². The average molecular weight is 282 g/mol. The molecule has 1 N–H and O–H groups in total. The molecule has 1 heterocycles. The Labute approximate surface area is 123 Å². The van der Waals surface area contributed by atoms with Gasteiger partial charge in [-0.05, 0) is 46.5 Å². The number of nitrogens with one attached hydrogen (secondary N) is 1. The fraction of sp³-hybridized carbons (Fsp3) is 0.938. The van der Waals surface area contributed by atoms with Gasteiger partial charge in [-0.25, -0.2) is 4.79 Å². The minimum absolute atomic E-state index is 0.173. The maximum atomic E-state index is 12.0. The van der Waals surface area contributed by atoms with Crippen LogP contribution >= 0.6 is 0 Å². The third-order valence-electron chi connectivity index (χ3n) is 4.27. The molecule has 2 aliphatic rings. The molecule has 116 valence electrons. The number of carbonyl (C=O) groups excluding carboxylic acids is 1. The summed E-state index contributed by atoms with van der Waals surface area (Å²) in [5.74, 6) is 0.931. The number of rotatable bonds is 4. The summed E-state index contributed by atoms with van der Waals surface area (Å²) in [7, 11) is 0. The van der Waals surface area contributed by atoms with Gasteiger partial charge < -0.3 is 15.0 Å². The molecule has 1 aliphatic carbocycles. The van der Waals surface area contributed by atoms with E-state index in [1.54, 1.807) is 0 Å². The molecule has 1 saturated carbocycles. The Morgan fingerprint density at radius 1 is 1.35 bits per heavy atom. The van der Waals surface area contributed by atoms with E-state index in [-0.39, 0.29) is 6.09 Å². The van der Waals surface area contributed by atoms with Crippen LogP contribution in [0.2, 0.25) is 0 Å². The summed E-state index contributed by atoms with van der Waals surface area (Å²) in [6, 6.07) is 0.987. The third kappa shape index (κ3) is 4.65. The first-order valence-corrected chi connectivity index (χ1v) is 8.07. The number of hydrogen-bond acceptors (Lipinski definition) is 3. The van der Waals surface area contributed by atoms with Crippen LogP contribution in [0.5, 0.6) is 0 Å². The van der Waals surface area contributed by atoms with Gasteiger partial charge in [0.15, 0.2) is 0 Å². The molecule has 0 aromatic heterocycles. The molecular formula is C16H30N2O2. The lowest BCUT2D eigenvalue weighted by molar-refractivity contribution is 0.0290. The molecule has 0 spiro atoms. The summed E-state index contributed by atoms with van der Waals surface area (Å²) in [5.41, 5.74) is -0.403. The molecule has 0 radical (unpaired) electrons. The van der Waals surface area contributed by atoms with Crippen molar-refractivity contribution >= 4 is 6.09 Å². The van der Waals surface area contributed by atoms with Gasteiger partial charge in [0.2, 0.25) is 0 Å². The van der Waals surface area contributed by atoms with Gasteiger partial charge in [0.25, 0.3) is 0 Å². The number of nitrogens with zero attached hydrogens (tertiary/aromatic N) is 1. The van der Waals surface area contributed by atoms with Crippen LogP contribution in [0.4, 0.5) is 4.79 Å². The number of hydrogen-bond donors (Lipinski definition) is 1. The fourth-order valence-electron chi connectivity index (χ4n) is 3.09. The molecule has 1 amide bonds. The van der Waals surface area contributed by atoms with Crippen molar-refractivity contribution in [2.75, 3.05) is 13.1 Å². The number of amides is 1. The van der Waals surface area contributed by atoms with Crippen LogP contribution in [0, 0.1) is 5.92 Å². The first kappa shape index (κ1) is 15.6. The summed E-state index contributed by atoms with van der Waals surface area (Å²) in [5, 5.41) is 3.68. The zero-order valence-corrected chi connectivity index (χ0v) is 13.4. The van der Waals surface area contributed by atoms with Crippen LogP contribution in [0.3, 0.4) is 0 Å². The lowest BCUT2D eigenvalue weighted by atomic mass is 9.81. The van der Waals surface area contributed by atoms with Gasteiger partial charge in [0.1, 0.15) is 5.60 Å². The molecule has 2 rings (SSSR count). The first-order chi connectivity index (χ1) is 9.33. The smallest absolute Gasteiger partial charge is 0.410 e. The summed E-state index contributed by atoms with van der Waals surface area (Å²) >= 11 is 0. The third-order valence-corrected chi connectivity index (χ3v) is 4.27. The molecule has 4 nitrogen and oxygen atoms in total. The van der Waals surface area contributed by atoms with Crippen molar-refractivity contribution < 1.29 is 9.53 Å². The first-order valence-electron chi connectivity index (χ1n) is 8.07. The predicted molar refractivity (Wildman–Crippen MR) is 80.8 cm³/mol. The van der Waals surface area contributed by atoms with Gasteiger partial charge in [-0.15, -0.1) is 0 Å². The molecule has 0 bridgehead atoms. The Balaban J connectivity index is 1.70. The van der Waals surface area contributed by atoms with Gasteiger partial charge in [-0.1, -0.05) is 19.3 Å². The van der Waals surface area contributed by atoms with Crippen molar-refractivity contribution in [2.45, 2.75) is 77.5 Å². The maximum Gasteiger partial charge on any atom is 0.410 e. The van der Waals surface area contributed by atoms with Crippen molar-refractivity contribution in [3.8, 4) is 0 Å². The monoisotopic (exact) mass is 282 g/mol. The molecule has 1 saturated heterocycles. The highest BCUT2D eigenvalue weighted by molar-refractivity contribution is 5.68. The molecule has 4 heteroatoms. The van der Waals surface area contributed by atoms with Crippen LogP contribution < -0.4 is 5.32 Å². The van der Waals surface area contributed by atoms with Crippen LogP contribution in [-0.2, 0) is 4.74 Å². The fourth-order valence-corrected chi connectivity index (χ4v) is 3.09. The van der Waals surface area contributed by atoms with E-state index >= 15 is 0 Å². The van der Waals surface area contributed by atoms with Crippen LogP contribution in [-0.4, -0.2) is 41.8 Å². The molecular weight excluding hydrogens is 252 g/mol. The quantitative estimate of drug-likeness (QED) is 0.861. The van der Waals surface area contributed by atoms with Gasteiger partial charge in [-0.3, -0.25) is 0 Å². The Hall–Kier alpha value is -0.770. The Morgan fingerprint density at radius 3 is 2.60 bits per heavy atom. The molecule has 0 aromatic carbocycles. The van der Waals surface area contributed by atoms with Crippen LogP contribution in [0.1, 0.15) is 59.8 Å². The molecule has 0 aromatic rings. The predicted octanol–water partition coefficient (Wildman–Crippen LogP) is 3.16. The number of carbonyl (C=O) groups is 1. The van der Waals surface area contributed by atoms with Crippen molar-refractivity contribution in [2.24, 2.45) is 5.92 Å². The highest BCUT2D eigenvalue weighted by Gasteiger charge is 2.30. The van der Waals surface area contributed by atoms with E-state index in [1.165, 1.54) is 25.7 Å². The Bertz CT molecular complexity index is 334. The lowest BCUT2D eigenvalue weighted by Gasteiger charge is -2.30. The zero-order valence-electron chi connectivity index (χ0n) is 13.4. The second kappa shape index (κ2) is 6.33. The molecule has 2 atom stereocenters. The minimum Gasteiger partial charge on any atom is -0.444 e. The molecule has 1 aliphatic heterocycles. The topological polar surface area (TPSA) is 41.6 Å². The largest absolute Gasteiger partial charge is 0.444 e. The van der Waals surface area contributed by atoms with Gasteiger partial charge in [0.05, 0.1) is 0 Å². The van der Waals surface area contributed by atoms with Crippen molar-refractivity contribution in [1.29, 1.82) is 0 Å². The standard InChI is InChI=1S/C16H30N2O2/c1-12(10-13-6-5-7-13)17-14-8-9-18(11-14)15(19)20-16(2,3)4/h12-14,17H,5-11H2,1-4H3. The lowest BCUT2D eigenvalue weighted by Crippen LogP contribution is -2.42. The van der Waals surface area contributed by atoms with Crippen molar-refractivity contribution in [1.82, 2.24) is 10.2 Å². The summed E-state index contributed by atoms with van der Waals surface area (Å²) < 4.78 is 5.43. The highest BCUT2D eigenvalue weighted by Crippen LogP contribution is 2.30. The minimum atomic E-state index is -0.403. The van der Waals surface area contributed by atoms with E-state index in [2.05, 4.69) is 12.2 Å². The number of ether oxygens (including phenoxy) is 1. The van der Waals surface area contributed by atoms with Gasteiger partial charge >= 0.3 is 6.09 Å². The van der Waals surface area contributed by atoms with Crippen LogP contribution in [0.15, 0.2) is 0 Å².